The van der Waals surface area contributed by atoms with Gasteiger partial charge in [-0.05, 0) is 31.6 Å². The molecular formula is C14H22N2O3. The van der Waals surface area contributed by atoms with Crippen molar-refractivity contribution in [3.05, 3.63) is 0 Å². The monoisotopic (exact) mass is 266 g/mol. The van der Waals surface area contributed by atoms with Crippen LogP contribution >= 0.6 is 0 Å². The van der Waals surface area contributed by atoms with E-state index >= 15 is 0 Å². The van der Waals surface area contributed by atoms with Crippen molar-refractivity contribution >= 4 is 11.8 Å². The first-order valence-corrected chi connectivity index (χ1v) is 7.38. The predicted molar refractivity (Wildman–Crippen MR) is 69.2 cm³/mol. The van der Waals surface area contributed by atoms with E-state index in [1.54, 1.807) is 0 Å². The van der Waals surface area contributed by atoms with Crippen molar-refractivity contribution in [2.75, 3.05) is 26.2 Å². The molecular weight excluding hydrogens is 244 g/mol. The van der Waals surface area contributed by atoms with Crippen LogP contribution in [0.25, 0.3) is 0 Å². The molecule has 0 aromatic carbocycles. The van der Waals surface area contributed by atoms with Crippen molar-refractivity contribution in [3.8, 4) is 0 Å². The lowest BCUT2D eigenvalue weighted by molar-refractivity contribution is -0.135. The molecule has 2 unspecified atom stereocenters. The van der Waals surface area contributed by atoms with Crippen LogP contribution in [0.1, 0.15) is 32.1 Å². The number of carbonyl (C=O) groups is 2. The standard InChI is InChI=1S/C14H22N2O3/c17-6-4-10-3-5-15(8-10)14(19)11-7-13(18)16(9-11)12-1-2-12/h10-12,17H,1-9H2. The van der Waals surface area contributed by atoms with Crippen molar-refractivity contribution in [2.45, 2.75) is 38.1 Å². The molecule has 0 radical (unpaired) electrons. The van der Waals surface area contributed by atoms with E-state index in [0.29, 0.717) is 24.9 Å². The summed E-state index contributed by atoms with van der Waals surface area (Å²) in [4.78, 5) is 28.1. The Morgan fingerprint density at radius 3 is 2.74 bits per heavy atom. The van der Waals surface area contributed by atoms with Gasteiger partial charge in [0.25, 0.3) is 0 Å². The fourth-order valence-electron chi connectivity index (χ4n) is 3.35. The van der Waals surface area contributed by atoms with Gasteiger partial charge in [0.15, 0.2) is 0 Å². The van der Waals surface area contributed by atoms with E-state index in [9.17, 15) is 9.59 Å². The predicted octanol–water partition coefficient (Wildman–Crippen LogP) is 0.228. The van der Waals surface area contributed by atoms with E-state index in [-0.39, 0.29) is 24.3 Å². The largest absolute Gasteiger partial charge is 0.396 e. The Balaban J connectivity index is 1.55. The first-order chi connectivity index (χ1) is 9.19. The minimum Gasteiger partial charge on any atom is -0.396 e. The van der Waals surface area contributed by atoms with E-state index in [2.05, 4.69) is 0 Å². The number of likely N-dealkylation sites (tertiary alicyclic amines) is 2. The fraction of sp³-hybridized carbons (Fsp3) is 0.857. The highest BCUT2D eigenvalue weighted by Crippen LogP contribution is 2.33. The summed E-state index contributed by atoms with van der Waals surface area (Å²) in [7, 11) is 0. The molecule has 1 N–H and O–H groups in total. The van der Waals surface area contributed by atoms with E-state index in [1.165, 1.54) is 0 Å². The zero-order chi connectivity index (χ0) is 13.4. The summed E-state index contributed by atoms with van der Waals surface area (Å²) in [5.74, 6) is 0.621. The molecule has 3 rings (SSSR count). The number of nitrogens with zero attached hydrogens (tertiary/aromatic N) is 2. The van der Waals surface area contributed by atoms with Crippen LogP contribution in [-0.4, -0.2) is 59.0 Å². The van der Waals surface area contributed by atoms with Gasteiger partial charge >= 0.3 is 0 Å². The molecule has 5 nitrogen and oxygen atoms in total. The molecule has 2 amide bonds. The van der Waals surface area contributed by atoms with Crippen molar-refractivity contribution in [1.29, 1.82) is 0 Å². The quantitative estimate of drug-likeness (QED) is 0.792. The van der Waals surface area contributed by atoms with Crippen LogP contribution in [0.4, 0.5) is 0 Å². The highest BCUT2D eigenvalue weighted by molar-refractivity contribution is 5.89. The van der Waals surface area contributed by atoms with Crippen LogP contribution in [0.3, 0.4) is 0 Å². The molecule has 3 aliphatic rings. The lowest BCUT2D eigenvalue weighted by Gasteiger charge is -2.21. The van der Waals surface area contributed by atoms with E-state index in [4.69, 9.17) is 5.11 Å². The summed E-state index contributed by atoms with van der Waals surface area (Å²) in [5.41, 5.74) is 0. The number of carbonyl (C=O) groups excluding carboxylic acids is 2. The molecule has 5 heteroatoms. The summed E-state index contributed by atoms with van der Waals surface area (Å²) in [6, 6.07) is 0.422. The number of aliphatic hydroxyl groups excluding tert-OH is 1. The van der Waals surface area contributed by atoms with Gasteiger partial charge in [0.2, 0.25) is 11.8 Å². The molecule has 2 atom stereocenters. The first-order valence-electron chi connectivity index (χ1n) is 7.38. The molecule has 2 aliphatic heterocycles. The summed E-state index contributed by atoms with van der Waals surface area (Å²) in [5, 5.41) is 8.95. The number of hydrogen-bond donors (Lipinski definition) is 1. The fourth-order valence-corrected chi connectivity index (χ4v) is 3.35. The van der Waals surface area contributed by atoms with Gasteiger partial charge in [0, 0.05) is 38.7 Å². The van der Waals surface area contributed by atoms with Crippen molar-refractivity contribution in [2.24, 2.45) is 11.8 Å². The van der Waals surface area contributed by atoms with Gasteiger partial charge in [-0.2, -0.15) is 0 Å². The molecule has 1 saturated carbocycles. The molecule has 106 valence electrons. The molecule has 19 heavy (non-hydrogen) atoms. The van der Waals surface area contributed by atoms with Gasteiger partial charge in [0.05, 0.1) is 5.92 Å². The lowest BCUT2D eigenvalue weighted by atomic mass is 10.1. The topological polar surface area (TPSA) is 60.9 Å². The van der Waals surface area contributed by atoms with E-state index in [1.807, 2.05) is 9.80 Å². The SMILES string of the molecule is O=C(C1CC(=O)N(C2CC2)C1)N1CCC(CCO)C1. The van der Waals surface area contributed by atoms with Crippen LogP contribution in [0.5, 0.6) is 0 Å². The van der Waals surface area contributed by atoms with Gasteiger partial charge in [-0.3, -0.25) is 9.59 Å². The minimum atomic E-state index is -0.124. The third-order valence-electron chi connectivity index (χ3n) is 4.63. The Morgan fingerprint density at radius 1 is 1.26 bits per heavy atom. The normalized spacial score (nSPS) is 31.3. The molecule has 0 aromatic heterocycles. The summed E-state index contributed by atoms with van der Waals surface area (Å²) in [6.07, 6.45) is 4.38. The third-order valence-corrected chi connectivity index (χ3v) is 4.63. The molecule has 2 heterocycles. The number of amides is 2. The van der Waals surface area contributed by atoms with Gasteiger partial charge in [-0.25, -0.2) is 0 Å². The first kappa shape index (κ1) is 12.9. The second-order valence-corrected chi connectivity index (χ2v) is 6.13. The summed E-state index contributed by atoms with van der Waals surface area (Å²) >= 11 is 0. The minimum absolute atomic E-state index is 0.124. The van der Waals surface area contributed by atoms with Crippen LogP contribution in [0.2, 0.25) is 0 Å². The highest BCUT2D eigenvalue weighted by atomic mass is 16.3. The molecule has 0 aromatic rings. The Hall–Kier alpha value is -1.10. The van der Waals surface area contributed by atoms with Gasteiger partial charge in [-0.1, -0.05) is 0 Å². The average molecular weight is 266 g/mol. The van der Waals surface area contributed by atoms with Crippen molar-refractivity contribution < 1.29 is 14.7 Å². The second kappa shape index (κ2) is 5.12. The van der Waals surface area contributed by atoms with E-state index < -0.39 is 0 Å². The average Bonchev–Trinajstić information content (AvgIpc) is 3.00. The van der Waals surface area contributed by atoms with Gasteiger partial charge < -0.3 is 14.9 Å². The second-order valence-electron chi connectivity index (χ2n) is 6.13. The number of rotatable bonds is 4. The maximum absolute atomic E-state index is 12.4. The Kier molecular flexibility index (Phi) is 3.48. The van der Waals surface area contributed by atoms with Crippen molar-refractivity contribution in [1.82, 2.24) is 9.80 Å². The Morgan fingerprint density at radius 2 is 2.05 bits per heavy atom. The lowest BCUT2D eigenvalue weighted by Crippen LogP contribution is -2.36. The zero-order valence-electron chi connectivity index (χ0n) is 11.3. The number of aliphatic hydroxyl groups is 1. The Labute approximate surface area is 113 Å². The third kappa shape index (κ3) is 2.61. The van der Waals surface area contributed by atoms with Crippen LogP contribution < -0.4 is 0 Å². The maximum atomic E-state index is 12.4. The van der Waals surface area contributed by atoms with Crippen LogP contribution in [-0.2, 0) is 9.59 Å². The van der Waals surface area contributed by atoms with Crippen molar-refractivity contribution in [3.63, 3.8) is 0 Å². The molecule has 0 bridgehead atoms. The van der Waals surface area contributed by atoms with Crippen LogP contribution in [0.15, 0.2) is 0 Å². The smallest absolute Gasteiger partial charge is 0.228 e. The Bertz CT molecular complexity index is 381. The molecule has 2 saturated heterocycles. The molecule has 3 fully saturated rings. The maximum Gasteiger partial charge on any atom is 0.228 e. The van der Waals surface area contributed by atoms with Gasteiger partial charge in [0.1, 0.15) is 0 Å². The van der Waals surface area contributed by atoms with E-state index in [0.717, 1.165) is 38.8 Å². The van der Waals surface area contributed by atoms with Crippen LogP contribution in [0, 0.1) is 11.8 Å². The van der Waals surface area contributed by atoms with Gasteiger partial charge in [-0.15, -0.1) is 0 Å². The molecule has 1 aliphatic carbocycles. The summed E-state index contributed by atoms with van der Waals surface area (Å²) in [6.45, 7) is 2.37. The highest BCUT2D eigenvalue weighted by Gasteiger charge is 2.43. The molecule has 0 spiro atoms. The zero-order valence-corrected chi connectivity index (χ0v) is 11.3. The number of hydrogen-bond acceptors (Lipinski definition) is 3. The summed E-state index contributed by atoms with van der Waals surface area (Å²) < 4.78 is 0.